The highest BCUT2D eigenvalue weighted by atomic mass is 16.5. The van der Waals surface area contributed by atoms with Gasteiger partial charge in [-0.15, -0.1) is 0 Å². The number of carbonyl (C=O) groups excluding carboxylic acids is 2. The van der Waals surface area contributed by atoms with Crippen LogP contribution in [0.5, 0.6) is 5.75 Å². The number of hydrogen-bond acceptors (Lipinski definition) is 3. The molecule has 2 amide bonds. The molecule has 0 fully saturated rings. The van der Waals surface area contributed by atoms with Crippen LogP contribution in [0.4, 0.5) is 5.69 Å². The van der Waals surface area contributed by atoms with Gasteiger partial charge in [-0.2, -0.15) is 0 Å². The van der Waals surface area contributed by atoms with Crippen molar-refractivity contribution in [3.63, 3.8) is 0 Å². The number of ether oxygens (including phenoxy) is 1. The Hall–Kier alpha value is -2.82. The molecule has 0 aliphatic carbocycles. The summed E-state index contributed by atoms with van der Waals surface area (Å²) in [6.45, 7) is 7.88. The van der Waals surface area contributed by atoms with Gasteiger partial charge in [0, 0.05) is 11.6 Å². The van der Waals surface area contributed by atoms with Gasteiger partial charge >= 0.3 is 0 Å². The number of nitrogens with one attached hydrogen (secondary N) is 2. The Morgan fingerprint density at radius 2 is 1.73 bits per heavy atom. The Bertz CT molecular complexity index is 757. The minimum atomic E-state index is -0.245. The summed E-state index contributed by atoms with van der Waals surface area (Å²) in [6.07, 6.45) is 0. The van der Waals surface area contributed by atoms with Crippen LogP contribution in [-0.2, 0) is 4.79 Å². The number of hydrogen-bond donors (Lipinski definition) is 2. The van der Waals surface area contributed by atoms with Crippen molar-refractivity contribution in [3.05, 3.63) is 59.7 Å². The predicted octanol–water partition coefficient (Wildman–Crippen LogP) is 4.17. The van der Waals surface area contributed by atoms with Crippen LogP contribution in [-0.4, -0.2) is 18.4 Å². The van der Waals surface area contributed by atoms with Gasteiger partial charge in [0.2, 0.25) is 5.91 Å². The average Bonchev–Trinajstić information content (AvgIpc) is 2.63. The molecule has 0 bridgehead atoms. The molecule has 0 saturated heterocycles. The quantitative estimate of drug-likeness (QED) is 0.784. The molecule has 1 unspecified atom stereocenters. The van der Waals surface area contributed by atoms with E-state index in [1.54, 1.807) is 18.2 Å². The first kappa shape index (κ1) is 19.5. The molecule has 0 radical (unpaired) electrons. The molecule has 0 aromatic heterocycles. The molecule has 0 saturated carbocycles. The maximum absolute atomic E-state index is 12.8. The van der Waals surface area contributed by atoms with Crippen LogP contribution in [0, 0.1) is 5.92 Å². The monoisotopic (exact) mass is 354 g/mol. The third-order valence-electron chi connectivity index (χ3n) is 3.96. The molecule has 138 valence electrons. The van der Waals surface area contributed by atoms with Crippen LogP contribution in [0.15, 0.2) is 48.5 Å². The van der Waals surface area contributed by atoms with Gasteiger partial charge in [-0.1, -0.05) is 44.2 Å². The highest BCUT2D eigenvalue weighted by Gasteiger charge is 2.17. The maximum atomic E-state index is 12.8. The van der Waals surface area contributed by atoms with Crippen molar-refractivity contribution in [1.82, 2.24) is 5.32 Å². The first-order chi connectivity index (χ1) is 12.4. The minimum Gasteiger partial charge on any atom is -0.493 e. The highest BCUT2D eigenvalue weighted by Crippen LogP contribution is 2.24. The summed E-state index contributed by atoms with van der Waals surface area (Å²) in [6, 6.07) is 14.7. The van der Waals surface area contributed by atoms with Crippen LogP contribution >= 0.6 is 0 Å². The summed E-state index contributed by atoms with van der Waals surface area (Å²) in [5.74, 6) is 0.00776. The zero-order valence-corrected chi connectivity index (χ0v) is 15.7. The van der Waals surface area contributed by atoms with Crippen LogP contribution in [0.3, 0.4) is 0 Å². The second-order valence-corrected chi connectivity index (χ2v) is 6.39. The summed E-state index contributed by atoms with van der Waals surface area (Å²) in [7, 11) is 0. The molecular weight excluding hydrogens is 328 g/mol. The Balaban J connectivity index is 2.23. The summed E-state index contributed by atoms with van der Waals surface area (Å²) in [5.41, 5.74) is 1.99. The molecule has 2 aromatic carbocycles. The topological polar surface area (TPSA) is 67.4 Å². The van der Waals surface area contributed by atoms with Crippen molar-refractivity contribution >= 4 is 17.5 Å². The molecule has 0 aliphatic heterocycles. The summed E-state index contributed by atoms with van der Waals surface area (Å²) < 4.78 is 5.58. The molecule has 5 nitrogen and oxygen atoms in total. The SMILES string of the molecule is CCOc1ccc(NC(=O)C(C)C)cc1C(=O)NC(C)c1ccccc1. The van der Waals surface area contributed by atoms with E-state index >= 15 is 0 Å². The van der Waals surface area contributed by atoms with Gasteiger partial charge in [-0.3, -0.25) is 9.59 Å². The maximum Gasteiger partial charge on any atom is 0.255 e. The first-order valence-corrected chi connectivity index (χ1v) is 8.85. The number of amides is 2. The van der Waals surface area contributed by atoms with Gasteiger partial charge in [-0.05, 0) is 37.6 Å². The number of benzene rings is 2. The number of carbonyl (C=O) groups is 2. The van der Waals surface area contributed by atoms with Crippen LogP contribution < -0.4 is 15.4 Å². The van der Waals surface area contributed by atoms with E-state index in [0.29, 0.717) is 23.6 Å². The molecule has 0 spiro atoms. The molecule has 5 heteroatoms. The molecular formula is C21H26N2O3. The van der Waals surface area contributed by atoms with E-state index in [0.717, 1.165) is 5.56 Å². The molecule has 26 heavy (non-hydrogen) atoms. The lowest BCUT2D eigenvalue weighted by Gasteiger charge is -2.17. The van der Waals surface area contributed by atoms with Crippen molar-refractivity contribution < 1.29 is 14.3 Å². The largest absolute Gasteiger partial charge is 0.493 e. The van der Waals surface area contributed by atoms with Crippen molar-refractivity contribution in [3.8, 4) is 5.75 Å². The smallest absolute Gasteiger partial charge is 0.255 e. The summed E-state index contributed by atoms with van der Waals surface area (Å²) >= 11 is 0. The van der Waals surface area contributed by atoms with Crippen LogP contribution in [0.2, 0.25) is 0 Å². The van der Waals surface area contributed by atoms with E-state index in [1.807, 2.05) is 58.0 Å². The van der Waals surface area contributed by atoms with Crippen molar-refractivity contribution in [1.29, 1.82) is 0 Å². The number of anilines is 1. The van der Waals surface area contributed by atoms with Gasteiger partial charge < -0.3 is 15.4 Å². The van der Waals surface area contributed by atoms with Crippen LogP contribution in [0.1, 0.15) is 49.7 Å². The van der Waals surface area contributed by atoms with E-state index in [2.05, 4.69) is 10.6 Å². The summed E-state index contributed by atoms with van der Waals surface area (Å²) in [4.78, 5) is 24.7. The highest BCUT2D eigenvalue weighted by molar-refractivity contribution is 6.00. The zero-order valence-electron chi connectivity index (χ0n) is 15.7. The van der Waals surface area contributed by atoms with Crippen molar-refractivity contribution in [2.24, 2.45) is 5.92 Å². The Morgan fingerprint density at radius 1 is 1.04 bits per heavy atom. The van der Waals surface area contributed by atoms with E-state index < -0.39 is 0 Å². The zero-order chi connectivity index (χ0) is 19.1. The second-order valence-electron chi connectivity index (χ2n) is 6.39. The average molecular weight is 354 g/mol. The van der Waals surface area contributed by atoms with Crippen LogP contribution in [0.25, 0.3) is 0 Å². The van der Waals surface area contributed by atoms with Gasteiger partial charge in [0.15, 0.2) is 0 Å². The van der Waals surface area contributed by atoms with Crippen molar-refractivity contribution in [2.75, 3.05) is 11.9 Å². The molecule has 2 aromatic rings. The van der Waals surface area contributed by atoms with Gasteiger partial charge in [0.25, 0.3) is 5.91 Å². The summed E-state index contributed by atoms with van der Waals surface area (Å²) in [5, 5.41) is 5.80. The van der Waals surface area contributed by atoms with Gasteiger partial charge in [-0.25, -0.2) is 0 Å². The fourth-order valence-corrected chi connectivity index (χ4v) is 2.45. The Kier molecular flexibility index (Phi) is 6.78. The van der Waals surface area contributed by atoms with E-state index in [9.17, 15) is 9.59 Å². The van der Waals surface area contributed by atoms with E-state index in [1.165, 1.54) is 0 Å². The standard InChI is InChI=1S/C21H26N2O3/c1-5-26-19-12-11-17(23-20(24)14(2)3)13-18(19)21(25)22-15(4)16-9-7-6-8-10-16/h6-15H,5H2,1-4H3,(H,22,25)(H,23,24). The molecule has 0 aliphatic rings. The predicted molar refractivity (Wildman–Crippen MR) is 103 cm³/mol. The molecule has 0 heterocycles. The van der Waals surface area contributed by atoms with E-state index in [-0.39, 0.29) is 23.8 Å². The fraction of sp³-hybridized carbons (Fsp3) is 0.333. The van der Waals surface area contributed by atoms with Crippen molar-refractivity contribution in [2.45, 2.75) is 33.7 Å². The first-order valence-electron chi connectivity index (χ1n) is 8.85. The lowest BCUT2D eigenvalue weighted by Crippen LogP contribution is -2.27. The Morgan fingerprint density at radius 3 is 2.35 bits per heavy atom. The minimum absolute atomic E-state index is 0.0989. The lowest BCUT2D eigenvalue weighted by atomic mass is 10.1. The fourth-order valence-electron chi connectivity index (χ4n) is 2.45. The Labute approximate surface area is 154 Å². The van der Waals surface area contributed by atoms with Gasteiger partial charge in [0.1, 0.15) is 5.75 Å². The number of rotatable bonds is 7. The lowest BCUT2D eigenvalue weighted by molar-refractivity contribution is -0.118. The third kappa shape index (κ3) is 5.09. The molecule has 1 atom stereocenters. The normalized spacial score (nSPS) is 11.7. The molecule has 2 N–H and O–H groups in total. The molecule has 2 rings (SSSR count). The third-order valence-corrected chi connectivity index (χ3v) is 3.96. The van der Waals surface area contributed by atoms with Gasteiger partial charge in [0.05, 0.1) is 18.2 Å². The van der Waals surface area contributed by atoms with E-state index in [4.69, 9.17) is 4.74 Å². The second kappa shape index (κ2) is 9.04.